The highest BCUT2D eigenvalue weighted by Gasteiger charge is 2.60. The molecule has 0 amide bonds. The van der Waals surface area contributed by atoms with Gasteiger partial charge in [-0.25, -0.2) is 4.79 Å². The summed E-state index contributed by atoms with van der Waals surface area (Å²) in [4.78, 5) is 27.0. The molecule has 2 bridgehead atoms. The molecule has 0 radical (unpaired) electrons. The molecule has 0 aliphatic heterocycles. The number of esters is 1. The second-order valence-corrected chi connectivity index (χ2v) is 6.25. The Kier molecular flexibility index (Phi) is 4.65. The van der Waals surface area contributed by atoms with Crippen molar-refractivity contribution in [2.45, 2.75) is 50.7 Å². The zero-order valence-corrected chi connectivity index (χ0v) is 13.2. The number of aliphatic carboxylic acids is 1. The van der Waals surface area contributed by atoms with Crippen molar-refractivity contribution in [1.29, 1.82) is 0 Å². The van der Waals surface area contributed by atoms with E-state index in [0.29, 0.717) is 19.0 Å². The van der Waals surface area contributed by atoms with Crippen molar-refractivity contribution < 1.29 is 32.6 Å². The molecular formula is C15H19F3N2O4. The summed E-state index contributed by atoms with van der Waals surface area (Å²) < 4.78 is 44.9. The topological polar surface area (TPSA) is 102 Å². The van der Waals surface area contributed by atoms with Crippen LogP contribution >= 0.6 is 0 Å². The lowest BCUT2D eigenvalue weighted by Crippen LogP contribution is -2.34. The van der Waals surface area contributed by atoms with Crippen LogP contribution < -0.4 is 5.73 Å². The van der Waals surface area contributed by atoms with Crippen molar-refractivity contribution in [1.82, 2.24) is 0 Å². The van der Waals surface area contributed by atoms with Crippen LogP contribution in [0.1, 0.15) is 39.0 Å². The predicted octanol–water partition coefficient (Wildman–Crippen LogP) is 2.18. The zero-order valence-electron chi connectivity index (χ0n) is 13.2. The molecule has 2 fully saturated rings. The summed E-state index contributed by atoms with van der Waals surface area (Å²) in [5.74, 6) is -2.21. The first kappa shape index (κ1) is 18.3. The van der Waals surface area contributed by atoms with Gasteiger partial charge in [-0.05, 0) is 39.0 Å². The summed E-state index contributed by atoms with van der Waals surface area (Å²) in [7, 11) is 0. The van der Waals surface area contributed by atoms with Gasteiger partial charge in [-0.15, -0.1) is 0 Å². The fourth-order valence-electron chi connectivity index (χ4n) is 3.65. The summed E-state index contributed by atoms with van der Waals surface area (Å²) in [6.07, 6.45) is -3.09. The third-order valence-corrected chi connectivity index (χ3v) is 4.78. The summed E-state index contributed by atoms with van der Waals surface area (Å²) in [6.45, 7) is 1.86. The van der Waals surface area contributed by atoms with Crippen LogP contribution in [0.4, 0.5) is 13.2 Å². The Morgan fingerprint density at radius 1 is 1.29 bits per heavy atom. The van der Waals surface area contributed by atoms with Gasteiger partial charge in [-0.3, -0.25) is 9.79 Å². The molecule has 2 saturated carbocycles. The lowest BCUT2D eigenvalue weighted by molar-refractivity contribution is -0.154. The molecule has 0 atom stereocenters. The normalized spacial score (nSPS) is 30.5. The minimum absolute atomic E-state index is 0.135. The maximum absolute atomic E-state index is 13.3. The number of carbonyl (C=O) groups excluding carboxylic acids is 1. The molecule has 0 spiro atoms. The highest BCUT2D eigenvalue weighted by atomic mass is 19.4. The molecule has 0 aromatic heterocycles. The van der Waals surface area contributed by atoms with Crippen molar-refractivity contribution in [3.8, 4) is 0 Å². The van der Waals surface area contributed by atoms with Crippen molar-refractivity contribution in [3.05, 3.63) is 11.8 Å². The Morgan fingerprint density at radius 3 is 2.29 bits per heavy atom. The van der Waals surface area contributed by atoms with E-state index < -0.39 is 40.4 Å². The molecular weight excluding hydrogens is 329 g/mol. The summed E-state index contributed by atoms with van der Waals surface area (Å²) in [5.41, 5.74) is 0.561. The quantitative estimate of drug-likeness (QED) is 0.450. The number of ether oxygens (including phenoxy) is 1. The number of halogens is 3. The van der Waals surface area contributed by atoms with Gasteiger partial charge in [-0.2, -0.15) is 13.2 Å². The number of rotatable bonds is 5. The third kappa shape index (κ3) is 3.11. The predicted molar refractivity (Wildman–Crippen MR) is 78.3 cm³/mol. The molecule has 9 heteroatoms. The fraction of sp³-hybridized carbons (Fsp3) is 0.667. The van der Waals surface area contributed by atoms with Gasteiger partial charge in [0.15, 0.2) is 5.71 Å². The fourth-order valence-corrected chi connectivity index (χ4v) is 3.65. The van der Waals surface area contributed by atoms with Crippen LogP contribution in [0.3, 0.4) is 0 Å². The average molecular weight is 348 g/mol. The van der Waals surface area contributed by atoms with Crippen molar-refractivity contribution in [3.63, 3.8) is 0 Å². The van der Waals surface area contributed by atoms with E-state index >= 15 is 0 Å². The number of aliphatic imine (C=N–C) groups is 1. The molecule has 6 nitrogen and oxygen atoms in total. The van der Waals surface area contributed by atoms with Gasteiger partial charge < -0.3 is 15.6 Å². The first-order valence-corrected chi connectivity index (χ1v) is 7.59. The number of nitrogens with two attached hydrogens (primary N) is 1. The zero-order chi connectivity index (χ0) is 18.2. The summed E-state index contributed by atoms with van der Waals surface area (Å²) in [6, 6.07) is 0. The standard InChI is InChI=1S/C15H19F3N2O4/c1-2-24-12(23)13-3-5-14(8-13,6-4-13)20-10(15(16,17)18)9(7-19)11(21)22/h7H,2-6,8,19H2,1H3,(H,21,22). The van der Waals surface area contributed by atoms with Crippen LogP contribution in [0.25, 0.3) is 0 Å². The number of alkyl halides is 3. The molecule has 3 N–H and O–H groups in total. The second kappa shape index (κ2) is 6.10. The van der Waals surface area contributed by atoms with E-state index in [1.165, 1.54) is 0 Å². The number of hydrogen-bond donors (Lipinski definition) is 2. The van der Waals surface area contributed by atoms with Crippen molar-refractivity contribution >= 4 is 17.7 Å². The number of nitrogens with zero attached hydrogens (tertiary/aromatic N) is 1. The Balaban J connectivity index is 2.38. The van der Waals surface area contributed by atoms with Crippen molar-refractivity contribution in [2.75, 3.05) is 6.61 Å². The first-order valence-electron chi connectivity index (χ1n) is 7.59. The molecule has 134 valence electrons. The van der Waals surface area contributed by atoms with Crippen molar-refractivity contribution in [2.24, 2.45) is 16.1 Å². The minimum atomic E-state index is -4.95. The molecule has 0 aromatic carbocycles. The highest BCUT2D eigenvalue weighted by molar-refractivity contribution is 6.21. The maximum atomic E-state index is 13.3. The first-order chi connectivity index (χ1) is 11.1. The van der Waals surface area contributed by atoms with E-state index in [4.69, 9.17) is 15.6 Å². The number of carbonyl (C=O) groups is 2. The molecule has 24 heavy (non-hydrogen) atoms. The smallest absolute Gasteiger partial charge is 0.433 e. The molecule has 2 rings (SSSR count). The summed E-state index contributed by atoms with van der Waals surface area (Å²) in [5, 5.41) is 8.95. The van der Waals surface area contributed by atoms with Crippen LogP contribution in [-0.2, 0) is 14.3 Å². The van der Waals surface area contributed by atoms with E-state index in [9.17, 15) is 22.8 Å². The number of carboxylic acid groups (broad SMARTS) is 1. The molecule has 0 aromatic rings. The van der Waals surface area contributed by atoms with Gasteiger partial charge in [0.05, 0.1) is 17.6 Å². The van der Waals surface area contributed by atoms with Gasteiger partial charge >= 0.3 is 18.1 Å². The SMILES string of the molecule is CCOC(=O)C12CCC(N=C(C(=CN)C(=O)O)C(F)(F)F)(CC1)C2. The Morgan fingerprint density at radius 2 is 1.88 bits per heavy atom. The highest BCUT2D eigenvalue weighted by Crippen LogP contribution is 2.59. The maximum Gasteiger partial charge on any atom is 0.433 e. The Hall–Kier alpha value is -2.06. The summed E-state index contributed by atoms with van der Waals surface area (Å²) >= 11 is 0. The largest absolute Gasteiger partial charge is 0.478 e. The van der Waals surface area contributed by atoms with Crippen LogP contribution in [0.5, 0.6) is 0 Å². The number of hydrogen-bond acceptors (Lipinski definition) is 5. The monoisotopic (exact) mass is 348 g/mol. The van der Waals surface area contributed by atoms with Gasteiger partial charge in [0, 0.05) is 6.20 Å². The molecule has 0 unspecified atom stereocenters. The molecule has 2 aliphatic carbocycles. The Bertz CT molecular complexity index is 602. The van der Waals surface area contributed by atoms with Crippen LogP contribution in [0.2, 0.25) is 0 Å². The van der Waals surface area contributed by atoms with E-state index in [2.05, 4.69) is 4.99 Å². The lowest BCUT2D eigenvalue weighted by Gasteiger charge is -2.25. The minimum Gasteiger partial charge on any atom is -0.478 e. The van der Waals surface area contributed by atoms with Gasteiger partial charge in [0.1, 0.15) is 5.57 Å². The Labute approximate surface area is 136 Å². The van der Waals surface area contributed by atoms with Gasteiger partial charge in [0.25, 0.3) is 0 Å². The van der Waals surface area contributed by atoms with Gasteiger partial charge in [-0.1, -0.05) is 0 Å². The second-order valence-electron chi connectivity index (χ2n) is 6.25. The van der Waals surface area contributed by atoms with E-state index in [1.54, 1.807) is 6.92 Å². The van der Waals surface area contributed by atoms with Crippen LogP contribution in [0, 0.1) is 5.41 Å². The lowest BCUT2D eigenvalue weighted by atomic mass is 9.84. The van der Waals surface area contributed by atoms with E-state index in [-0.39, 0.29) is 25.9 Å². The average Bonchev–Trinajstić information content (AvgIpc) is 3.03. The third-order valence-electron chi connectivity index (χ3n) is 4.78. The van der Waals surface area contributed by atoms with E-state index in [0.717, 1.165) is 0 Å². The molecule has 0 heterocycles. The number of carboxylic acids is 1. The van der Waals surface area contributed by atoms with Gasteiger partial charge in [0.2, 0.25) is 0 Å². The molecule has 2 aliphatic rings. The molecule has 0 saturated heterocycles. The van der Waals surface area contributed by atoms with Crippen LogP contribution in [-0.4, -0.2) is 41.1 Å². The van der Waals surface area contributed by atoms with Crippen LogP contribution in [0.15, 0.2) is 16.8 Å². The number of fused-ring (bicyclic) bond motifs is 2. The van der Waals surface area contributed by atoms with E-state index in [1.807, 2.05) is 0 Å².